The average Bonchev–Trinajstić information content (AvgIpc) is 2.66. The molecule has 144 valence electrons. The van der Waals surface area contributed by atoms with E-state index < -0.39 is 0 Å². The number of halogens is 2. The summed E-state index contributed by atoms with van der Waals surface area (Å²) in [5.41, 5.74) is 0.843. The zero-order valence-electron chi connectivity index (χ0n) is 15.1. The van der Waals surface area contributed by atoms with Crippen molar-refractivity contribution in [1.82, 2.24) is 15.3 Å². The number of thioether (sulfide) groups is 1. The third-order valence-electron chi connectivity index (χ3n) is 4.50. The number of aromatic nitrogens is 2. The van der Waals surface area contributed by atoms with Crippen LogP contribution in [0.4, 0.5) is 10.2 Å². The van der Waals surface area contributed by atoms with Gasteiger partial charge in [0.2, 0.25) is 5.91 Å². The number of piperidine rings is 1. The Morgan fingerprint density at radius 2 is 2.00 bits per heavy atom. The van der Waals surface area contributed by atoms with Crippen LogP contribution in [-0.2, 0) is 11.3 Å². The first-order valence-corrected chi connectivity index (χ1v) is 10.3. The summed E-state index contributed by atoms with van der Waals surface area (Å²) in [5.74, 6) is 1.31. The summed E-state index contributed by atoms with van der Waals surface area (Å²) in [4.78, 5) is 23.0. The number of carbonyl (C=O) groups is 1. The fourth-order valence-electron chi connectivity index (χ4n) is 2.83. The first kappa shape index (κ1) is 19.9. The van der Waals surface area contributed by atoms with Crippen molar-refractivity contribution in [2.75, 3.05) is 23.7 Å². The first-order chi connectivity index (χ1) is 13.0. The molecule has 0 spiro atoms. The van der Waals surface area contributed by atoms with Gasteiger partial charge in [-0.15, -0.1) is 0 Å². The van der Waals surface area contributed by atoms with E-state index in [0.717, 1.165) is 43.2 Å². The van der Waals surface area contributed by atoms with Gasteiger partial charge in [-0.3, -0.25) is 4.79 Å². The largest absolute Gasteiger partial charge is 0.356 e. The van der Waals surface area contributed by atoms with E-state index in [9.17, 15) is 9.18 Å². The summed E-state index contributed by atoms with van der Waals surface area (Å²) < 4.78 is 12.9. The molecule has 27 heavy (non-hydrogen) atoms. The van der Waals surface area contributed by atoms with Crippen molar-refractivity contribution in [3.8, 4) is 0 Å². The maximum Gasteiger partial charge on any atom is 0.230 e. The lowest BCUT2D eigenvalue weighted by atomic mass is 9.99. The summed E-state index contributed by atoms with van der Waals surface area (Å²) in [6.07, 6.45) is 2.27. The smallest absolute Gasteiger partial charge is 0.230 e. The summed E-state index contributed by atoms with van der Waals surface area (Å²) in [6.45, 7) is 4.52. The van der Waals surface area contributed by atoms with Crippen molar-refractivity contribution in [3.63, 3.8) is 0 Å². The molecule has 0 bridgehead atoms. The predicted octanol–water partition coefficient (Wildman–Crippen LogP) is 3.91. The van der Waals surface area contributed by atoms with Crippen LogP contribution < -0.4 is 10.2 Å². The van der Waals surface area contributed by atoms with E-state index in [-0.39, 0.29) is 17.5 Å². The van der Waals surface area contributed by atoms with Crippen molar-refractivity contribution in [1.29, 1.82) is 0 Å². The minimum Gasteiger partial charge on any atom is -0.356 e. The SMILES string of the molecule is CC1CCN(c2cc(Cl)nc(SCC(=O)NCc3ccc(F)cc3)n2)CC1. The molecule has 0 saturated carbocycles. The van der Waals surface area contributed by atoms with Crippen molar-refractivity contribution in [2.45, 2.75) is 31.5 Å². The Hall–Kier alpha value is -1.86. The molecule has 8 heteroatoms. The van der Waals surface area contributed by atoms with E-state index in [1.54, 1.807) is 18.2 Å². The molecule has 1 aliphatic heterocycles. The fraction of sp³-hybridized carbons (Fsp3) is 0.421. The van der Waals surface area contributed by atoms with E-state index in [2.05, 4.69) is 27.1 Å². The second-order valence-electron chi connectivity index (χ2n) is 6.69. The Balaban J connectivity index is 1.52. The number of hydrogen-bond acceptors (Lipinski definition) is 5. The van der Waals surface area contributed by atoms with Crippen LogP contribution in [0.1, 0.15) is 25.3 Å². The zero-order valence-corrected chi connectivity index (χ0v) is 16.7. The molecule has 5 nitrogen and oxygen atoms in total. The van der Waals surface area contributed by atoms with Gasteiger partial charge in [-0.2, -0.15) is 0 Å². The third kappa shape index (κ3) is 6.07. The number of nitrogens with one attached hydrogen (secondary N) is 1. The van der Waals surface area contributed by atoms with Crippen LogP contribution in [0.5, 0.6) is 0 Å². The minimum atomic E-state index is -0.294. The average molecular weight is 409 g/mol. The van der Waals surface area contributed by atoms with Gasteiger partial charge in [-0.25, -0.2) is 14.4 Å². The second-order valence-corrected chi connectivity index (χ2v) is 8.02. The van der Waals surface area contributed by atoms with Crippen LogP contribution in [0.3, 0.4) is 0 Å². The topological polar surface area (TPSA) is 58.1 Å². The lowest BCUT2D eigenvalue weighted by Gasteiger charge is -2.31. The molecule has 0 unspecified atom stereocenters. The van der Waals surface area contributed by atoms with Gasteiger partial charge in [0.25, 0.3) is 0 Å². The number of rotatable bonds is 6. The number of benzene rings is 1. The number of carbonyl (C=O) groups excluding carboxylic acids is 1. The van der Waals surface area contributed by atoms with E-state index in [0.29, 0.717) is 16.9 Å². The quantitative estimate of drug-likeness (QED) is 0.446. The Bertz CT molecular complexity index is 782. The molecule has 0 atom stereocenters. The Morgan fingerprint density at radius 1 is 1.30 bits per heavy atom. The first-order valence-electron chi connectivity index (χ1n) is 8.93. The van der Waals surface area contributed by atoms with Gasteiger partial charge in [-0.05, 0) is 36.5 Å². The van der Waals surface area contributed by atoms with Crippen LogP contribution in [0.2, 0.25) is 5.15 Å². The molecule has 3 rings (SSSR count). The van der Waals surface area contributed by atoms with Crippen molar-refractivity contribution < 1.29 is 9.18 Å². The van der Waals surface area contributed by atoms with Crippen LogP contribution in [0.15, 0.2) is 35.5 Å². The van der Waals surface area contributed by atoms with Gasteiger partial charge in [0.15, 0.2) is 5.16 Å². The molecule has 1 fully saturated rings. The Kier molecular flexibility index (Phi) is 6.90. The van der Waals surface area contributed by atoms with Gasteiger partial charge < -0.3 is 10.2 Å². The minimum absolute atomic E-state index is 0.138. The molecule has 1 amide bonds. The molecule has 1 saturated heterocycles. The summed E-state index contributed by atoms with van der Waals surface area (Å²) in [5, 5.41) is 3.68. The van der Waals surface area contributed by atoms with Gasteiger partial charge in [0, 0.05) is 25.7 Å². The van der Waals surface area contributed by atoms with Gasteiger partial charge in [0.05, 0.1) is 5.75 Å². The molecule has 2 aromatic rings. The molecule has 2 heterocycles. The highest BCUT2D eigenvalue weighted by atomic mass is 35.5. The highest BCUT2D eigenvalue weighted by molar-refractivity contribution is 7.99. The normalized spacial score (nSPS) is 15.0. The maximum absolute atomic E-state index is 12.9. The number of nitrogens with zero attached hydrogens (tertiary/aromatic N) is 3. The zero-order chi connectivity index (χ0) is 19.2. The van der Waals surface area contributed by atoms with E-state index >= 15 is 0 Å². The molecule has 1 aromatic heterocycles. The molecule has 1 N–H and O–H groups in total. The summed E-state index contributed by atoms with van der Waals surface area (Å²) in [7, 11) is 0. The Labute approximate surface area is 167 Å². The molecule has 1 aliphatic rings. The Morgan fingerprint density at radius 3 is 2.70 bits per heavy atom. The van der Waals surface area contributed by atoms with E-state index in [4.69, 9.17) is 11.6 Å². The number of amides is 1. The van der Waals surface area contributed by atoms with Gasteiger partial charge >= 0.3 is 0 Å². The van der Waals surface area contributed by atoms with E-state index in [1.807, 2.05) is 0 Å². The maximum atomic E-state index is 12.9. The predicted molar refractivity (Wildman–Crippen MR) is 107 cm³/mol. The molecule has 0 aliphatic carbocycles. The van der Waals surface area contributed by atoms with Crippen molar-refractivity contribution in [3.05, 3.63) is 46.9 Å². The van der Waals surface area contributed by atoms with E-state index in [1.165, 1.54) is 23.9 Å². The standard InChI is InChI=1S/C19H22ClFN4OS/c1-13-6-8-25(9-7-13)17-10-16(20)23-19(24-17)27-12-18(26)22-11-14-2-4-15(21)5-3-14/h2-5,10,13H,6-9,11-12H2,1H3,(H,22,26). The number of hydrogen-bond donors (Lipinski definition) is 1. The van der Waals surface area contributed by atoms with Crippen LogP contribution in [-0.4, -0.2) is 34.7 Å². The number of anilines is 1. The third-order valence-corrected chi connectivity index (χ3v) is 5.54. The highest BCUT2D eigenvalue weighted by Crippen LogP contribution is 2.25. The lowest BCUT2D eigenvalue weighted by Crippen LogP contribution is -2.33. The van der Waals surface area contributed by atoms with Gasteiger partial charge in [-0.1, -0.05) is 42.4 Å². The molecule has 1 aromatic carbocycles. The summed E-state index contributed by atoms with van der Waals surface area (Å²) >= 11 is 7.40. The molecule has 0 radical (unpaired) electrons. The fourth-order valence-corrected chi connectivity index (χ4v) is 3.74. The van der Waals surface area contributed by atoms with Crippen molar-refractivity contribution >= 4 is 35.1 Å². The molecular weight excluding hydrogens is 387 g/mol. The summed E-state index contributed by atoms with van der Waals surface area (Å²) in [6, 6.07) is 7.82. The monoisotopic (exact) mass is 408 g/mol. The van der Waals surface area contributed by atoms with Crippen LogP contribution in [0.25, 0.3) is 0 Å². The van der Waals surface area contributed by atoms with Gasteiger partial charge in [0.1, 0.15) is 16.8 Å². The lowest BCUT2D eigenvalue weighted by molar-refractivity contribution is -0.118. The van der Waals surface area contributed by atoms with Crippen LogP contribution in [0, 0.1) is 11.7 Å². The highest BCUT2D eigenvalue weighted by Gasteiger charge is 2.18. The molecular formula is C19H22ClFN4OS. The second kappa shape index (κ2) is 9.37. The van der Waals surface area contributed by atoms with Crippen molar-refractivity contribution in [2.24, 2.45) is 5.92 Å². The van der Waals surface area contributed by atoms with Crippen LogP contribution >= 0.6 is 23.4 Å².